The van der Waals surface area contributed by atoms with E-state index < -0.39 is 11.8 Å². The number of esters is 1. The monoisotopic (exact) mass is 444 g/mol. The maximum atomic E-state index is 13.5. The van der Waals surface area contributed by atoms with E-state index in [1.54, 1.807) is 24.1 Å². The molecule has 0 unspecified atom stereocenters. The molecule has 1 aromatic carbocycles. The van der Waals surface area contributed by atoms with E-state index in [4.69, 9.17) is 4.63 Å². The van der Waals surface area contributed by atoms with Gasteiger partial charge in [0.1, 0.15) is 12.1 Å². The van der Waals surface area contributed by atoms with Crippen molar-refractivity contribution in [1.29, 1.82) is 0 Å². The average molecular weight is 445 g/mol. The Labute approximate surface area is 160 Å². The smallest absolute Gasteiger partial charge is 0.316 e. The van der Waals surface area contributed by atoms with Gasteiger partial charge in [-0.05, 0) is 44.4 Å². The van der Waals surface area contributed by atoms with Crippen LogP contribution in [0.4, 0.5) is 10.1 Å². The summed E-state index contributed by atoms with van der Waals surface area (Å²) in [5.74, 6) is -0.564. The van der Waals surface area contributed by atoms with E-state index in [9.17, 15) is 14.0 Å². The van der Waals surface area contributed by atoms with E-state index >= 15 is 0 Å². The lowest BCUT2D eigenvalue weighted by Gasteiger charge is -2.20. The highest BCUT2D eigenvalue weighted by Crippen LogP contribution is 2.26. The first-order chi connectivity index (χ1) is 12.5. The van der Waals surface area contributed by atoms with Crippen LogP contribution < -0.4 is 4.90 Å². The molecule has 0 atom stereocenters. The highest BCUT2D eigenvalue weighted by molar-refractivity contribution is 9.10. The van der Waals surface area contributed by atoms with Gasteiger partial charge >= 0.3 is 5.97 Å². The summed E-state index contributed by atoms with van der Waals surface area (Å²) < 4.78 is 23.1. The molecule has 0 aliphatic heterocycles. The van der Waals surface area contributed by atoms with Crippen LogP contribution in [0.2, 0.25) is 0 Å². The molecule has 0 N–H and O–H groups in total. The normalized spacial score (nSPS) is 11.3. The number of carbonyl (C=O) groups is 2. The van der Waals surface area contributed by atoms with Crippen LogP contribution in [0.1, 0.15) is 5.69 Å². The number of ether oxygens (including phenoxy) is 1. The first-order valence-electron chi connectivity index (χ1n) is 7.17. The number of anilines is 1. The number of nitrogens with zero attached hydrogens (tertiary/aromatic N) is 4. The summed E-state index contributed by atoms with van der Waals surface area (Å²) in [7, 11) is 2.95. The minimum absolute atomic E-state index is 0.00445. The van der Waals surface area contributed by atoms with E-state index in [0.717, 1.165) is 11.8 Å². The molecule has 2 aromatic rings. The van der Waals surface area contributed by atoms with Crippen molar-refractivity contribution in [1.82, 2.24) is 10.3 Å². The second kappa shape index (κ2) is 9.43. The lowest BCUT2D eigenvalue weighted by Crippen LogP contribution is -2.29. The summed E-state index contributed by atoms with van der Waals surface area (Å²) in [6.07, 6.45) is 0.628. The van der Waals surface area contributed by atoms with Gasteiger partial charge in [0.2, 0.25) is 0 Å². The Kier molecular flexibility index (Phi) is 7.27. The lowest BCUT2D eigenvalue weighted by atomic mass is 10.2. The van der Waals surface area contributed by atoms with Crippen molar-refractivity contribution in [3.63, 3.8) is 0 Å². The van der Waals surface area contributed by atoms with Gasteiger partial charge < -0.3 is 14.4 Å². The maximum Gasteiger partial charge on any atom is 0.316 e. The Balaban J connectivity index is 2.36. The number of thioether (sulfide) groups is 1. The second-order valence-corrected chi connectivity index (χ2v) is 6.59. The molecule has 0 spiro atoms. The SMILES string of the molecule is COC(=O)CSc1nonc1C(=NCC=O)N(C)c1ccc(F)c(Br)c1. The summed E-state index contributed by atoms with van der Waals surface area (Å²) in [4.78, 5) is 27.9. The third-order valence-corrected chi connectivity index (χ3v) is 4.68. The quantitative estimate of drug-likeness (QED) is 0.211. The fourth-order valence-electron chi connectivity index (χ4n) is 1.88. The second-order valence-electron chi connectivity index (χ2n) is 4.77. The van der Waals surface area contributed by atoms with Crippen LogP contribution in [0.25, 0.3) is 0 Å². The fourth-order valence-corrected chi connectivity index (χ4v) is 2.97. The predicted octanol–water partition coefficient (Wildman–Crippen LogP) is 2.32. The van der Waals surface area contributed by atoms with E-state index in [2.05, 4.69) is 36.0 Å². The number of amidine groups is 1. The minimum Gasteiger partial charge on any atom is -0.468 e. The van der Waals surface area contributed by atoms with Crippen molar-refractivity contribution in [3.8, 4) is 0 Å². The van der Waals surface area contributed by atoms with Crippen LogP contribution in [0.5, 0.6) is 0 Å². The van der Waals surface area contributed by atoms with Gasteiger partial charge in [-0.1, -0.05) is 11.8 Å². The Morgan fingerprint density at radius 2 is 2.27 bits per heavy atom. The van der Waals surface area contributed by atoms with Gasteiger partial charge in [-0.3, -0.25) is 9.79 Å². The summed E-state index contributed by atoms with van der Waals surface area (Å²) in [5, 5.41) is 7.90. The molecule has 138 valence electrons. The first kappa shape index (κ1) is 20.0. The number of rotatable bonds is 7. The van der Waals surface area contributed by atoms with Gasteiger partial charge in [0.25, 0.3) is 0 Å². The van der Waals surface area contributed by atoms with Crippen molar-refractivity contribution in [3.05, 3.63) is 34.2 Å². The number of carbonyl (C=O) groups excluding carboxylic acids is 2. The van der Waals surface area contributed by atoms with Gasteiger partial charge in [0.15, 0.2) is 16.6 Å². The highest BCUT2D eigenvalue weighted by atomic mass is 79.9. The van der Waals surface area contributed by atoms with Crippen molar-refractivity contribution in [2.45, 2.75) is 5.03 Å². The Bertz CT molecular complexity index is 830. The van der Waals surface area contributed by atoms with Crippen LogP contribution in [-0.2, 0) is 14.3 Å². The van der Waals surface area contributed by atoms with Gasteiger partial charge in [-0.2, -0.15) is 0 Å². The van der Waals surface area contributed by atoms with E-state index in [0.29, 0.717) is 17.0 Å². The fraction of sp³-hybridized carbons (Fsp3) is 0.267. The van der Waals surface area contributed by atoms with Crippen molar-refractivity contribution in [2.24, 2.45) is 4.99 Å². The Morgan fingerprint density at radius 3 is 2.92 bits per heavy atom. The number of aldehydes is 1. The molecule has 0 aliphatic carbocycles. The van der Waals surface area contributed by atoms with Gasteiger partial charge in [-0.15, -0.1) is 0 Å². The molecule has 2 rings (SSSR count). The van der Waals surface area contributed by atoms with Crippen molar-refractivity contribution >= 4 is 51.5 Å². The molecule has 0 aliphatic rings. The highest BCUT2D eigenvalue weighted by Gasteiger charge is 2.22. The zero-order valence-electron chi connectivity index (χ0n) is 13.8. The molecule has 26 heavy (non-hydrogen) atoms. The van der Waals surface area contributed by atoms with E-state index in [-0.39, 0.29) is 28.3 Å². The predicted molar refractivity (Wildman–Crippen MR) is 97.0 cm³/mol. The molecule has 8 nitrogen and oxygen atoms in total. The molecular formula is C15H14BrFN4O4S. The minimum atomic E-state index is -0.439. The topological polar surface area (TPSA) is 97.9 Å². The zero-order valence-corrected chi connectivity index (χ0v) is 16.2. The third-order valence-electron chi connectivity index (χ3n) is 3.15. The number of methoxy groups -OCH3 is 1. The third kappa shape index (κ3) is 4.88. The maximum absolute atomic E-state index is 13.5. The molecule has 1 aromatic heterocycles. The molecule has 0 radical (unpaired) electrons. The largest absolute Gasteiger partial charge is 0.468 e. The summed E-state index contributed by atoms with van der Waals surface area (Å²) in [6.45, 7) is -0.115. The number of aromatic nitrogens is 2. The van der Waals surface area contributed by atoms with Crippen LogP contribution in [0, 0.1) is 5.82 Å². The molecule has 0 fully saturated rings. The van der Waals surface area contributed by atoms with Crippen molar-refractivity contribution in [2.75, 3.05) is 31.4 Å². The number of benzene rings is 1. The molecule has 0 saturated heterocycles. The molecular weight excluding hydrogens is 431 g/mol. The van der Waals surface area contributed by atoms with Crippen LogP contribution >= 0.6 is 27.7 Å². The Hall–Kier alpha value is -2.27. The molecule has 11 heteroatoms. The van der Waals surface area contributed by atoms with E-state index in [1.807, 2.05) is 0 Å². The van der Waals surface area contributed by atoms with Crippen LogP contribution in [0.15, 0.2) is 37.3 Å². The van der Waals surface area contributed by atoms with Gasteiger partial charge in [0.05, 0.1) is 23.9 Å². The number of aliphatic imine (C=N–C) groups is 1. The number of hydrogen-bond donors (Lipinski definition) is 0. The van der Waals surface area contributed by atoms with Crippen LogP contribution in [0.3, 0.4) is 0 Å². The number of hydrogen-bond acceptors (Lipinski definition) is 8. The van der Waals surface area contributed by atoms with Crippen molar-refractivity contribution < 1.29 is 23.3 Å². The molecule has 0 saturated carbocycles. The van der Waals surface area contributed by atoms with Gasteiger partial charge in [-0.25, -0.2) is 9.02 Å². The first-order valence-corrected chi connectivity index (χ1v) is 8.95. The van der Waals surface area contributed by atoms with E-state index in [1.165, 1.54) is 13.2 Å². The summed E-state index contributed by atoms with van der Waals surface area (Å²) in [6, 6.07) is 4.40. The molecule has 1 heterocycles. The average Bonchev–Trinajstić information content (AvgIpc) is 3.10. The molecule has 0 amide bonds. The Morgan fingerprint density at radius 1 is 1.50 bits per heavy atom. The summed E-state index contributed by atoms with van der Waals surface area (Å²) in [5.41, 5.74) is 0.846. The van der Waals surface area contributed by atoms with Crippen LogP contribution in [-0.4, -0.2) is 54.9 Å². The summed E-state index contributed by atoms with van der Waals surface area (Å²) >= 11 is 4.19. The standard InChI is InChI=1S/C15H14BrFN4O4S/c1-21(9-3-4-11(17)10(16)7-9)14(18-5-6-22)13-15(20-25-19-13)26-8-12(23)24-2/h3-4,6-7H,5,8H2,1-2H3. The lowest BCUT2D eigenvalue weighted by molar-refractivity contribution is -0.137. The number of halogens is 2. The zero-order chi connectivity index (χ0) is 19.1. The molecule has 0 bridgehead atoms. The van der Waals surface area contributed by atoms with Gasteiger partial charge in [0, 0.05) is 12.7 Å².